The highest BCUT2D eigenvalue weighted by Crippen LogP contribution is 2.24. The number of rotatable bonds is 3. The van der Waals surface area contributed by atoms with Gasteiger partial charge in [-0.1, -0.05) is 17.7 Å². The van der Waals surface area contributed by atoms with Crippen LogP contribution in [0.3, 0.4) is 0 Å². The normalized spacial score (nSPS) is 24.2. The lowest BCUT2D eigenvalue weighted by Crippen LogP contribution is -2.42. The summed E-state index contributed by atoms with van der Waals surface area (Å²) in [4.78, 5) is 0. The van der Waals surface area contributed by atoms with E-state index in [1.165, 1.54) is 22.3 Å². The van der Waals surface area contributed by atoms with Crippen LogP contribution in [0.15, 0.2) is 12.1 Å². The summed E-state index contributed by atoms with van der Waals surface area (Å²) >= 11 is 0. The van der Waals surface area contributed by atoms with E-state index in [2.05, 4.69) is 45.3 Å². The maximum absolute atomic E-state index is 5.65. The van der Waals surface area contributed by atoms with Gasteiger partial charge >= 0.3 is 0 Å². The van der Waals surface area contributed by atoms with E-state index in [4.69, 9.17) is 4.74 Å². The molecule has 0 aromatic heterocycles. The van der Waals surface area contributed by atoms with Crippen molar-refractivity contribution in [1.82, 2.24) is 5.32 Å². The van der Waals surface area contributed by atoms with Crippen LogP contribution in [0.5, 0.6) is 0 Å². The van der Waals surface area contributed by atoms with Gasteiger partial charge in [0.1, 0.15) is 0 Å². The Kier molecular flexibility index (Phi) is 4.41. The average molecular weight is 247 g/mol. The van der Waals surface area contributed by atoms with Crippen LogP contribution in [0.1, 0.15) is 28.7 Å². The molecule has 1 fully saturated rings. The standard InChI is InChI=1S/C16H25NO/c1-11-7-12(2)15(13(3)8-11)9-14-10-18-6-5-16(14)17-4/h7-8,14,16-17H,5-6,9-10H2,1-4H3. The second-order valence-corrected chi connectivity index (χ2v) is 5.60. The second kappa shape index (κ2) is 5.85. The van der Waals surface area contributed by atoms with Crippen LogP contribution >= 0.6 is 0 Å². The second-order valence-electron chi connectivity index (χ2n) is 5.60. The van der Waals surface area contributed by atoms with Crippen molar-refractivity contribution in [3.63, 3.8) is 0 Å². The molecule has 0 radical (unpaired) electrons. The Balaban J connectivity index is 2.17. The summed E-state index contributed by atoms with van der Waals surface area (Å²) in [5.74, 6) is 0.601. The largest absolute Gasteiger partial charge is 0.381 e. The van der Waals surface area contributed by atoms with Crippen molar-refractivity contribution in [2.45, 2.75) is 39.7 Å². The SMILES string of the molecule is CNC1CCOCC1Cc1c(C)cc(C)cc1C. The number of hydrogen-bond acceptors (Lipinski definition) is 2. The minimum atomic E-state index is 0.596. The van der Waals surface area contributed by atoms with Crippen LogP contribution in [-0.2, 0) is 11.2 Å². The molecule has 18 heavy (non-hydrogen) atoms. The first kappa shape index (κ1) is 13.6. The third-order valence-corrected chi connectivity index (χ3v) is 4.15. The molecule has 1 aromatic rings. The molecule has 2 unspecified atom stereocenters. The summed E-state index contributed by atoms with van der Waals surface area (Å²) in [5, 5.41) is 3.44. The Morgan fingerprint density at radius 1 is 1.22 bits per heavy atom. The van der Waals surface area contributed by atoms with Crippen LogP contribution in [-0.4, -0.2) is 26.3 Å². The molecule has 0 bridgehead atoms. The maximum atomic E-state index is 5.65. The molecule has 1 aliphatic rings. The van der Waals surface area contributed by atoms with E-state index >= 15 is 0 Å². The highest BCUT2D eigenvalue weighted by atomic mass is 16.5. The third-order valence-electron chi connectivity index (χ3n) is 4.15. The molecular formula is C16H25NO. The Labute approximate surface area is 111 Å². The summed E-state index contributed by atoms with van der Waals surface area (Å²) in [6, 6.07) is 5.18. The minimum absolute atomic E-state index is 0.596. The number of nitrogens with one attached hydrogen (secondary N) is 1. The molecule has 2 atom stereocenters. The molecule has 2 heteroatoms. The van der Waals surface area contributed by atoms with E-state index < -0.39 is 0 Å². The molecule has 0 spiro atoms. The minimum Gasteiger partial charge on any atom is -0.381 e. The van der Waals surface area contributed by atoms with Crippen LogP contribution in [0.2, 0.25) is 0 Å². The lowest BCUT2D eigenvalue weighted by atomic mass is 9.86. The molecule has 0 aliphatic carbocycles. The van der Waals surface area contributed by atoms with Crippen molar-refractivity contribution >= 4 is 0 Å². The van der Waals surface area contributed by atoms with E-state index in [1.807, 2.05) is 0 Å². The zero-order chi connectivity index (χ0) is 13.1. The lowest BCUT2D eigenvalue weighted by Gasteiger charge is -2.32. The number of aryl methyl sites for hydroxylation is 3. The monoisotopic (exact) mass is 247 g/mol. The molecule has 1 aromatic carbocycles. The first-order valence-electron chi connectivity index (χ1n) is 6.93. The molecule has 1 N–H and O–H groups in total. The maximum Gasteiger partial charge on any atom is 0.0512 e. The van der Waals surface area contributed by atoms with Gasteiger partial charge in [0.05, 0.1) is 6.61 Å². The quantitative estimate of drug-likeness (QED) is 0.887. The van der Waals surface area contributed by atoms with Crippen LogP contribution in [0.25, 0.3) is 0 Å². The van der Waals surface area contributed by atoms with E-state index in [0.29, 0.717) is 12.0 Å². The van der Waals surface area contributed by atoms with Gasteiger partial charge in [-0.2, -0.15) is 0 Å². The summed E-state index contributed by atoms with van der Waals surface area (Å²) in [5.41, 5.74) is 5.72. The van der Waals surface area contributed by atoms with Gasteiger partial charge in [-0.15, -0.1) is 0 Å². The van der Waals surface area contributed by atoms with Crippen LogP contribution in [0.4, 0.5) is 0 Å². The molecule has 1 saturated heterocycles. The fourth-order valence-corrected chi connectivity index (χ4v) is 3.17. The topological polar surface area (TPSA) is 21.3 Å². The first-order valence-corrected chi connectivity index (χ1v) is 6.93. The van der Waals surface area contributed by atoms with Gasteiger partial charge in [0, 0.05) is 18.6 Å². The zero-order valence-electron chi connectivity index (χ0n) is 12.0. The van der Waals surface area contributed by atoms with Gasteiger partial charge in [0.25, 0.3) is 0 Å². The van der Waals surface area contributed by atoms with Gasteiger partial charge in [-0.3, -0.25) is 0 Å². The number of benzene rings is 1. The molecule has 100 valence electrons. The third kappa shape index (κ3) is 2.93. The van der Waals surface area contributed by atoms with Crippen molar-refractivity contribution in [3.8, 4) is 0 Å². The van der Waals surface area contributed by atoms with E-state index in [0.717, 1.165) is 26.1 Å². The fraction of sp³-hybridized carbons (Fsp3) is 0.625. The highest BCUT2D eigenvalue weighted by molar-refractivity contribution is 5.37. The van der Waals surface area contributed by atoms with Crippen molar-refractivity contribution in [3.05, 3.63) is 34.4 Å². The van der Waals surface area contributed by atoms with Crippen LogP contribution in [0, 0.1) is 26.7 Å². The molecular weight excluding hydrogens is 222 g/mol. The summed E-state index contributed by atoms with van der Waals surface area (Å²) in [7, 11) is 2.07. The first-order chi connectivity index (χ1) is 8.61. The molecule has 1 heterocycles. The summed E-state index contributed by atoms with van der Waals surface area (Å²) in [6.45, 7) is 8.41. The Morgan fingerprint density at radius 2 is 1.89 bits per heavy atom. The number of ether oxygens (including phenoxy) is 1. The van der Waals surface area contributed by atoms with Crippen molar-refractivity contribution in [2.24, 2.45) is 5.92 Å². The number of hydrogen-bond donors (Lipinski definition) is 1. The van der Waals surface area contributed by atoms with Crippen LogP contribution < -0.4 is 5.32 Å². The zero-order valence-corrected chi connectivity index (χ0v) is 12.0. The van der Waals surface area contributed by atoms with Gasteiger partial charge in [0.15, 0.2) is 0 Å². The Bertz CT molecular complexity index is 391. The molecule has 0 saturated carbocycles. The van der Waals surface area contributed by atoms with E-state index in [-0.39, 0.29) is 0 Å². The van der Waals surface area contributed by atoms with E-state index in [9.17, 15) is 0 Å². The predicted molar refractivity (Wildman–Crippen MR) is 76.1 cm³/mol. The fourth-order valence-electron chi connectivity index (χ4n) is 3.17. The highest BCUT2D eigenvalue weighted by Gasteiger charge is 2.25. The molecule has 1 aliphatic heterocycles. The lowest BCUT2D eigenvalue weighted by molar-refractivity contribution is 0.0341. The van der Waals surface area contributed by atoms with Crippen molar-refractivity contribution in [2.75, 3.05) is 20.3 Å². The van der Waals surface area contributed by atoms with E-state index in [1.54, 1.807) is 0 Å². The van der Waals surface area contributed by atoms with Gasteiger partial charge in [-0.25, -0.2) is 0 Å². The summed E-state index contributed by atoms with van der Waals surface area (Å²) in [6.07, 6.45) is 2.26. The molecule has 2 rings (SSSR count). The Hall–Kier alpha value is -0.860. The Morgan fingerprint density at radius 3 is 2.50 bits per heavy atom. The molecule has 2 nitrogen and oxygen atoms in total. The van der Waals surface area contributed by atoms with Gasteiger partial charge < -0.3 is 10.1 Å². The smallest absolute Gasteiger partial charge is 0.0512 e. The van der Waals surface area contributed by atoms with Crippen molar-refractivity contribution in [1.29, 1.82) is 0 Å². The van der Waals surface area contributed by atoms with Gasteiger partial charge in [0.2, 0.25) is 0 Å². The van der Waals surface area contributed by atoms with Crippen molar-refractivity contribution < 1.29 is 4.74 Å². The van der Waals surface area contributed by atoms with Gasteiger partial charge in [-0.05, 0) is 57.4 Å². The predicted octanol–water partition coefficient (Wildman–Crippen LogP) is 2.78. The molecule has 0 amide bonds. The average Bonchev–Trinajstić information content (AvgIpc) is 2.34. The summed E-state index contributed by atoms with van der Waals surface area (Å²) < 4.78 is 5.65.